The molecule has 1 heterocycles. The summed E-state index contributed by atoms with van der Waals surface area (Å²) < 4.78 is 5.42. The molecule has 1 unspecified atom stereocenters. The van der Waals surface area contributed by atoms with Gasteiger partial charge in [-0.25, -0.2) is 4.98 Å². The lowest BCUT2D eigenvalue weighted by molar-refractivity contribution is 0.405. The van der Waals surface area contributed by atoms with Crippen LogP contribution in [0.3, 0.4) is 0 Å². The summed E-state index contributed by atoms with van der Waals surface area (Å²) in [4.78, 5) is 4.44. The van der Waals surface area contributed by atoms with Crippen molar-refractivity contribution in [3.8, 4) is 5.75 Å². The predicted molar refractivity (Wildman–Crippen MR) is 79.8 cm³/mol. The number of benzene rings is 1. The zero-order valence-corrected chi connectivity index (χ0v) is 12.2. The summed E-state index contributed by atoms with van der Waals surface area (Å²) in [5.74, 6) is 0.945. The van der Waals surface area contributed by atoms with Gasteiger partial charge in [0.05, 0.1) is 24.4 Å². The van der Waals surface area contributed by atoms with E-state index in [-0.39, 0.29) is 6.04 Å². The first-order valence-corrected chi connectivity index (χ1v) is 7.52. The van der Waals surface area contributed by atoms with E-state index in [1.165, 1.54) is 5.56 Å². The van der Waals surface area contributed by atoms with Crippen LogP contribution in [0.5, 0.6) is 5.75 Å². The minimum Gasteiger partial charge on any atom is -0.496 e. The zero-order chi connectivity index (χ0) is 13.5. The highest BCUT2D eigenvalue weighted by Gasteiger charge is 2.15. The first-order valence-electron chi connectivity index (χ1n) is 6.58. The Morgan fingerprint density at radius 1 is 1.37 bits per heavy atom. The Labute approximate surface area is 118 Å². The first-order chi connectivity index (χ1) is 9.35. The molecule has 0 amide bonds. The number of hydrogen-bond acceptors (Lipinski definition) is 4. The molecular formula is C15H20N2OS. The van der Waals surface area contributed by atoms with Crippen LogP contribution in [-0.4, -0.2) is 18.6 Å². The van der Waals surface area contributed by atoms with Gasteiger partial charge in [-0.05, 0) is 31.0 Å². The van der Waals surface area contributed by atoms with Crippen LogP contribution in [0, 0.1) is 0 Å². The maximum atomic E-state index is 5.42. The highest BCUT2D eigenvalue weighted by molar-refractivity contribution is 7.07. The summed E-state index contributed by atoms with van der Waals surface area (Å²) in [7, 11) is 1.72. The Balaban J connectivity index is 2.15. The van der Waals surface area contributed by atoms with Gasteiger partial charge in [-0.1, -0.05) is 25.1 Å². The molecule has 0 aliphatic rings. The third kappa shape index (κ3) is 3.78. The van der Waals surface area contributed by atoms with E-state index in [0.717, 1.165) is 30.8 Å². The average molecular weight is 276 g/mol. The van der Waals surface area contributed by atoms with Crippen LogP contribution < -0.4 is 10.1 Å². The van der Waals surface area contributed by atoms with Gasteiger partial charge >= 0.3 is 0 Å². The summed E-state index contributed by atoms with van der Waals surface area (Å²) in [6.07, 6.45) is 2.01. The van der Waals surface area contributed by atoms with Crippen molar-refractivity contribution in [2.24, 2.45) is 0 Å². The van der Waals surface area contributed by atoms with E-state index >= 15 is 0 Å². The van der Waals surface area contributed by atoms with Crippen molar-refractivity contribution < 1.29 is 4.74 Å². The number of hydrogen-bond donors (Lipinski definition) is 1. The summed E-state index contributed by atoms with van der Waals surface area (Å²) in [6, 6.07) is 8.43. The fourth-order valence-corrected chi connectivity index (χ4v) is 2.69. The van der Waals surface area contributed by atoms with Crippen LogP contribution in [0.4, 0.5) is 0 Å². The number of nitrogens with zero attached hydrogens (tertiary/aromatic N) is 1. The van der Waals surface area contributed by atoms with Gasteiger partial charge in [-0.3, -0.25) is 0 Å². The van der Waals surface area contributed by atoms with Crippen LogP contribution in [0.1, 0.15) is 30.6 Å². The molecule has 0 saturated heterocycles. The van der Waals surface area contributed by atoms with Crippen LogP contribution in [0.25, 0.3) is 0 Å². The number of aromatic nitrogens is 1. The Bertz CT molecular complexity index is 485. The van der Waals surface area contributed by atoms with E-state index in [1.807, 2.05) is 17.6 Å². The molecule has 1 aromatic heterocycles. The van der Waals surface area contributed by atoms with E-state index in [0.29, 0.717) is 0 Å². The Morgan fingerprint density at radius 3 is 2.89 bits per heavy atom. The van der Waals surface area contributed by atoms with Crippen LogP contribution in [0.15, 0.2) is 35.2 Å². The zero-order valence-electron chi connectivity index (χ0n) is 11.4. The van der Waals surface area contributed by atoms with E-state index in [9.17, 15) is 0 Å². The second-order valence-corrected chi connectivity index (χ2v) is 5.15. The van der Waals surface area contributed by atoms with E-state index in [1.54, 1.807) is 18.4 Å². The molecular weight excluding hydrogens is 256 g/mol. The van der Waals surface area contributed by atoms with Gasteiger partial charge in [0.2, 0.25) is 0 Å². The minimum absolute atomic E-state index is 0.252. The smallest absolute Gasteiger partial charge is 0.122 e. The molecule has 0 radical (unpaired) electrons. The molecule has 0 saturated carbocycles. The standard InChI is InChI=1S/C15H20N2OS/c1-3-8-16-13(14-10-19-11-17-14)9-12-6-4-5-7-15(12)18-2/h4-7,10-11,13,16H,3,8-9H2,1-2H3. The molecule has 1 aromatic carbocycles. The Kier molecular flexibility index (Phi) is 5.36. The summed E-state index contributed by atoms with van der Waals surface area (Å²) in [6.45, 7) is 3.17. The lowest BCUT2D eigenvalue weighted by Crippen LogP contribution is -2.24. The molecule has 0 aliphatic carbocycles. The normalized spacial score (nSPS) is 12.3. The van der Waals surface area contributed by atoms with E-state index in [2.05, 4.69) is 34.7 Å². The first kappa shape index (κ1) is 14.0. The molecule has 0 aliphatic heterocycles. The van der Waals surface area contributed by atoms with Gasteiger partial charge < -0.3 is 10.1 Å². The molecule has 0 bridgehead atoms. The second kappa shape index (κ2) is 7.26. The Hall–Kier alpha value is -1.39. The highest BCUT2D eigenvalue weighted by Crippen LogP contribution is 2.24. The molecule has 102 valence electrons. The molecule has 3 nitrogen and oxygen atoms in total. The van der Waals surface area contributed by atoms with E-state index < -0.39 is 0 Å². The molecule has 19 heavy (non-hydrogen) atoms. The number of rotatable bonds is 7. The van der Waals surface area contributed by atoms with Crippen molar-refractivity contribution in [3.05, 3.63) is 46.4 Å². The van der Waals surface area contributed by atoms with Gasteiger partial charge in [0, 0.05) is 5.38 Å². The monoisotopic (exact) mass is 276 g/mol. The van der Waals surface area contributed by atoms with Crippen molar-refractivity contribution in [3.63, 3.8) is 0 Å². The van der Waals surface area contributed by atoms with Crippen LogP contribution in [0.2, 0.25) is 0 Å². The third-order valence-electron chi connectivity index (χ3n) is 3.07. The summed E-state index contributed by atoms with van der Waals surface area (Å²) >= 11 is 1.64. The average Bonchev–Trinajstić information content (AvgIpc) is 2.98. The number of para-hydroxylation sites is 1. The quantitative estimate of drug-likeness (QED) is 0.841. The van der Waals surface area contributed by atoms with Crippen LogP contribution in [-0.2, 0) is 6.42 Å². The van der Waals surface area contributed by atoms with Gasteiger partial charge in [0.1, 0.15) is 5.75 Å². The van der Waals surface area contributed by atoms with Crippen LogP contribution >= 0.6 is 11.3 Å². The summed E-state index contributed by atoms with van der Waals surface area (Å²) in [5.41, 5.74) is 4.22. The fourth-order valence-electron chi connectivity index (χ4n) is 2.09. The van der Waals surface area contributed by atoms with Gasteiger partial charge in [0.25, 0.3) is 0 Å². The number of nitrogens with one attached hydrogen (secondary N) is 1. The molecule has 2 aromatic rings. The third-order valence-corrected chi connectivity index (χ3v) is 3.67. The minimum atomic E-state index is 0.252. The van der Waals surface area contributed by atoms with Crippen molar-refractivity contribution in [1.82, 2.24) is 10.3 Å². The molecule has 4 heteroatoms. The number of methoxy groups -OCH3 is 1. The number of ether oxygens (including phenoxy) is 1. The lowest BCUT2D eigenvalue weighted by Gasteiger charge is -2.18. The molecule has 0 spiro atoms. The SMILES string of the molecule is CCCNC(Cc1ccccc1OC)c1cscn1. The van der Waals surface area contributed by atoms with Gasteiger partial charge in [0.15, 0.2) is 0 Å². The molecule has 2 rings (SSSR count). The van der Waals surface area contributed by atoms with Crippen molar-refractivity contribution >= 4 is 11.3 Å². The molecule has 1 N–H and O–H groups in total. The van der Waals surface area contributed by atoms with Crippen molar-refractivity contribution in [2.45, 2.75) is 25.8 Å². The van der Waals surface area contributed by atoms with Gasteiger partial charge in [-0.2, -0.15) is 0 Å². The molecule has 1 atom stereocenters. The largest absolute Gasteiger partial charge is 0.496 e. The topological polar surface area (TPSA) is 34.1 Å². The number of thiazole rings is 1. The summed E-state index contributed by atoms with van der Waals surface area (Å²) in [5, 5.41) is 5.67. The maximum absolute atomic E-state index is 5.42. The highest BCUT2D eigenvalue weighted by atomic mass is 32.1. The molecule has 0 fully saturated rings. The second-order valence-electron chi connectivity index (χ2n) is 4.44. The maximum Gasteiger partial charge on any atom is 0.122 e. The Morgan fingerprint density at radius 2 is 2.21 bits per heavy atom. The predicted octanol–water partition coefficient (Wildman–Crippen LogP) is 3.44. The van der Waals surface area contributed by atoms with Crippen molar-refractivity contribution in [2.75, 3.05) is 13.7 Å². The van der Waals surface area contributed by atoms with Crippen molar-refractivity contribution in [1.29, 1.82) is 0 Å². The van der Waals surface area contributed by atoms with Gasteiger partial charge in [-0.15, -0.1) is 11.3 Å². The van der Waals surface area contributed by atoms with E-state index in [4.69, 9.17) is 4.74 Å². The lowest BCUT2D eigenvalue weighted by atomic mass is 10.0. The fraction of sp³-hybridized carbons (Fsp3) is 0.400.